The van der Waals surface area contributed by atoms with Gasteiger partial charge >= 0.3 is 0 Å². The molecule has 0 N–H and O–H groups in total. The number of fused-ring (bicyclic) bond motifs is 3. The van der Waals surface area contributed by atoms with Crippen molar-refractivity contribution in [1.29, 1.82) is 0 Å². The van der Waals surface area contributed by atoms with Crippen molar-refractivity contribution in [3.8, 4) is 33.4 Å². The fraction of sp³-hybridized carbons (Fsp3) is 0. The number of furan rings is 1. The van der Waals surface area contributed by atoms with Gasteiger partial charge in [0.1, 0.15) is 11.2 Å². The number of hydrogen-bond acceptors (Lipinski definition) is 1. The first-order chi connectivity index (χ1) is 16.2. The lowest BCUT2D eigenvalue weighted by atomic mass is 9.93. The highest BCUT2D eigenvalue weighted by Crippen LogP contribution is 2.37. The summed E-state index contributed by atoms with van der Waals surface area (Å²) in [5, 5.41) is 3.00. The highest BCUT2D eigenvalue weighted by atomic mass is 79.9. The summed E-state index contributed by atoms with van der Waals surface area (Å²) in [6, 6.07) is 37.7. The van der Waals surface area contributed by atoms with Crippen molar-refractivity contribution >= 4 is 49.5 Å². The van der Waals surface area contributed by atoms with Gasteiger partial charge in [-0.15, -0.1) is 0 Å². The molecule has 0 fully saturated rings. The van der Waals surface area contributed by atoms with Crippen LogP contribution in [0.25, 0.3) is 55.3 Å². The van der Waals surface area contributed by atoms with E-state index in [1.165, 1.54) is 16.7 Å². The van der Waals surface area contributed by atoms with Gasteiger partial charge in [0.05, 0.1) is 0 Å². The van der Waals surface area contributed by atoms with Gasteiger partial charge < -0.3 is 4.42 Å². The summed E-state index contributed by atoms with van der Waals surface area (Å²) < 4.78 is 7.19. The Morgan fingerprint density at radius 3 is 1.91 bits per heavy atom. The average molecular weight is 510 g/mol. The second kappa shape index (κ2) is 8.22. The van der Waals surface area contributed by atoms with Crippen LogP contribution in [0.15, 0.2) is 118 Å². The van der Waals surface area contributed by atoms with Crippen LogP contribution in [0.1, 0.15) is 0 Å². The van der Waals surface area contributed by atoms with Crippen LogP contribution in [-0.4, -0.2) is 0 Å². The Bertz CT molecular complexity index is 1630. The molecule has 0 spiro atoms. The first-order valence-corrected chi connectivity index (χ1v) is 11.9. The molecule has 6 rings (SSSR count). The summed E-state index contributed by atoms with van der Waals surface area (Å²) in [6.07, 6.45) is 0. The molecule has 6 aromatic rings. The quantitative estimate of drug-likeness (QED) is 0.231. The molecule has 1 nitrogen and oxygen atoms in total. The molecule has 1 heterocycles. The maximum atomic E-state index is 6.18. The van der Waals surface area contributed by atoms with E-state index in [9.17, 15) is 0 Å². The number of halogens is 2. The van der Waals surface area contributed by atoms with Gasteiger partial charge in [-0.25, -0.2) is 0 Å². The van der Waals surface area contributed by atoms with Crippen LogP contribution in [0.4, 0.5) is 0 Å². The van der Waals surface area contributed by atoms with E-state index < -0.39 is 0 Å². The van der Waals surface area contributed by atoms with Gasteiger partial charge in [-0.3, -0.25) is 0 Å². The van der Waals surface area contributed by atoms with Crippen LogP contribution in [0.3, 0.4) is 0 Å². The van der Waals surface area contributed by atoms with E-state index in [0.717, 1.165) is 48.1 Å². The van der Waals surface area contributed by atoms with Crippen molar-refractivity contribution in [3.05, 3.63) is 119 Å². The largest absolute Gasteiger partial charge is 0.456 e. The summed E-state index contributed by atoms with van der Waals surface area (Å²) >= 11 is 9.71. The van der Waals surface area contributed by atoms with Crippen LogP contribution >= 0.6 is 27.5 Å². The van der Waals surface area contributed by atoms with E-state index >= 15 is 0 Å². The van der Waals surface area contributed by atoms with E-state index in [2.05, 4.69) is 94.8 Å². The highest BCUT2D eigenvalue weighted by Gasteiger charge is 2.12. The van der Waals surface area contributed by atoms with E-state index in [1.807, 2.05) is 30.3 Å². The minimum absolute atomic E-state index is 0.746. The number of hydrogen-bond donors (Lipinski definition) is 0. The third-order valence-electron chi connectivity index (χ3n) is 6.03. The smallest absolute Gasteiger partial charge is 0.136 e. The first kappa shape index (κ1) is 20.3. The molecule has 0 saturated heterocycles. The third kappa shape index (κ3) is 3.76. The molecule has 0 amide bonds. The topological polar surface area (TPSA) is 13.1 Å². The van der Waals surface area contributed by atoms with Gasteiger partial charge in [0.15, 0.2) is 0 Å². The molecule has 0 aliphatic rings. The van der Waals surface area contributed by atoms with Crippen molar-refractivity contribution in [1.82, 2.24) is 0 Å². The Morgan fingerprint density at radius 1 is 0.515 bits per heavy atom. The predicted octanol–water partition coefficient (Wildman–Crippen LogP) is 10.0. The van der Waals surface area contributed by atoms with Crippen molar-refractivity contribution in [2.75, 3.05) is 0 Å². The molecule has 0 saturated carbocycles. The van der Waals surface area contributed by atoms with E-state index in [4.69, 9.17) is 16.0 Å². The molecule has 0 radical (unpaired) electrons. The SMILES string of the molecule is Clc1cccc(-c2ccc(-c3ccccc3-c3ccc4c(c3)oc3cc(Br)ccc34)cc2)c1. The Balaban J connectivity index is 1.43. The van der Waals surface area contributed by atoms with Crippen molar-refractivity contribution in [2.24, 2.45) is 0 Å². The lowest BCUT2D eigenvalue weighted by molar-refractivity contribution is 0.669. The lowest BCUT2D eigenvalue weighted by Crippen LogP contribution is -1.86. The normalized spacial score (nSPS) is 11.3. The van der Waals surface area contributed by atoms with E-state index in [-0.39, 0.29) is 0 Å². The molecule has 1 aromatic heterocycles. The fourth-order valence-electron chi connectivity index (χ4n) is 4.42. The standard InChI is InChI=1S/C30H18BrClO/c31-23-13-15-28-27-14-12-22(17-29(27)33-30(28)18-23)26-7-2-1-6-25(26)20-10-8-19(9-11-20)21-4-3-5-24(32)16-21/h1-18H. The molecular formula is C30H18BrClO. The Labute approximate surface area is 205 Å². The molecule has 3 heteroatoms. The first-order valence-electron chi connectivity index (χ1n) is 10.7. The maximum Gasteiger partial charge on any atom is 0.136 e. The predicted molar refractivity (Wildman–Crippen MR) is 143 cm³/mol. The summed E-state index contributed by atoms with van der Waals surface area (Å²) in [6.45, 7) is 0. The van der Waals surface area contributed by atoms with Crippen molar-refractivity contribution in [2.45, 2.75) is 0 Å². The van der Waals surface area contributed by atoms with Crippen molar-refractivity contribution in [3.63, 3.8) is 0 Å². The summed E-state index contributed by atoms with van der Waals surface area (Å²) in [5.74, 6) is 0. The van der Waals surface area contributed by atoms with E-state index in [1.54, 1.807) is 0 Å². The second-order valence-corrected chi connectivity index (χ2v) is 9.44. The second-order valence-electron chi connectivity index (χ2n) is 8.09. The minimum atomic E-state index is 0.746. The molecule has 0 atom stereocenters. The van der Waals surface area contributed by atoms with Gasteiger partial charge in [-0.1, -0.05) is 94.3 Å². The van der Waals surface area contributed by atoms with Gasteiger partial charge in [-0.2, -0.15) is 0 Å². The van der Waals surface area contributed by atoms with Crippen LogP contribution < -0.4 is 0 Å². The fourth-order valence-corrected chi connectivity index (χ4v) is 4.95. The zero-order chi connectivity index (χ0) is 22.4. The van der Waals surface area contributed by atoms with Gasteiger partial charge in [0, 0.05) is 20.3 Å². The summed E-state index contributed by atoms with van der Waals surface area (Å²) in [5.41, 5.74) is 8.72. The summed E-state index contributed by atoms with van der Waals surface area (Å²) in [7, 11) is 0. The van der Waals surface area contributed by atoms with Crippen LogP contribution in [0, 0.1) is 0 Å². The average Bonchev–Trinajstić information content (AvgIpc) is 3.21. The molecule has 5 aromatic carbocycles. The monoisotopic (exact) mass is 508 g/mol. The zero-order valence-electron chi connectivity index (χ0n) is 17.6. The molecule has 0 bridgehead atoms. The van der Waals surface area contributed by atoms with Crippen LogP contribution in [-0.2, 0) is 0 Å². The Hall–Kier alpha value is -3.33. The molecule has 0 unspecified atom stereocenters. The lowest BCUT2D eigenvalue weighted by Gasteiger charge is -2.11. The minimum Gasteiger partial charge on any atom is -0.456 e. The third-order valence-corrected chi connectivity index (χ3v) is 6.76. The molecule has 0 aliphatic carbocycles. The highest BCUT2D eigenvalue weighted by molar-refractivity contribution is 9.10. The molecular weight excluding hydrogens is 492 g/mol. The van der Waals surface area contributed by atoms with Gasteiger partial charge in [0.25, 0.3) is 0 Å². The summed E-state index contributed by atoms with van der Waals surface area (Å²) in [4.78, 5) is 0. The van der Waals surface area contributed by atoms with Crippen LogP contribution in [0.5, 0.6) is 0 Å². The molecule has 158 valence electrons. The Morgan fingerprint density at radius 2 is 1.15 bits per heavy atom. The maximum absolute atomic E-state index is 6.18. The number of benzene rings is 5. The molecule has 0 aliphatic heterocycles. The van der Waals surface area contributed by atoms with Crippen LogP contribution in [0.2, 0.25) is 5.02 Å². The van der Waals surface area contributed by atoms with Gasteiger partial charge in [0.2, 0.25) is 0 Å². The molecule has 33 heavy (non-hydrogen) atoms. The zero-order valence-corrected chi connectivity index (χ0v) is 19.9. The van der Waals surface area contributed by atoms with Gasteiger partial charge in [-0.05, 0) is 75.8 Å². The van der Waals surface area contributed by atoms with E-state index in [0.29, 0.717) is 0 Å². The van der Waals surface area contributed by atoms with Crippen molar-refractivity contribution < 1.29 is 4.42 Å². The number of rotatable bonds is 3. The Kier molecular flexibility index (Phi) is 5.05.